The number of benzene rings is 1. The second kappa shape index (κ2) is 2.78. The molecule has 1 heterocycles. The lowest BCUT2D eigenvalue weighted by Gasteiger charge is -1.98. The Balaban J connectivity index is 2.97. The Morgan fingerprint density at radius 2 is 2.15 bits per heavy atom. The van der Waals surface area contributed by atoms with Crippen LogP contribution in [0, 0.1) is 0 Å². The first-order valence-corrected chi connectivity index (χ1v) is 4.13. The van der Waals surface area contributed by atoms with Gasteiger partial charge in [-0.15, -0.1) is 0 Å². The standard InChI is InChI=1S/C9H7ClN2O/c10-5-1-2-8-6(3-5)9(13)7(11)4-12-8/h1-4H,11H2,(H,12,13). The SMILES string of the molecule is Nc1c[nH]c2ccc(Cl)cc2c1=O. The molecule has 0 saturated carbocycles. The Morgan fingerprint density at radius 3 is 2.92 bits per heavy atom. The Morgan fingerprint density at radius 1 is 1.38 bits per heavy atom. The zero-order valence-electron chi connectivity index (χ0n) is 6.67. The van der Waals surface area contributed by atoms with E-state index in [4.69, 9.17) is 17.3 Å². The number of hydrogen-bond donors (Lipinski definition) is 2. The summed E-state index contributed by atoms with van der Waals surface area (Å²) in [5.74, 6) is 0. The topological polar surface area (TPSA) is 58.9 Å². The number of fused-ring (bicyclic) bond motifs is 1. The fraction of sp³-hybridized carbons (Fsp3) is 0. The second-order valence-corrected chi connectivity index (χ2v) is 3.20. The zero-order chi connectivity index (χ0) is 9.42. The highest BCUT2D eigenvalue weighted by Crippen LogP contribution is 2.15. The van der Waals surface area contributed by atoms with Gasteiger partial charge in [0.25, 0.3) is 0 Å². The molecule has 13 heavy (non-hydrogen) atoms. The predicted molar refractivity (Wildman–Crippen MR) is 54.0 cm³/mol. The first-order valence-electron chi connectivity index (χ1n) is 3.75. The van der Waals surface area contributed by atoms with E-state index in [1.807, 2.05) is 0 Å². The van der Waals surface area contributed by atoms with Crippen LogP contribution in [-0.4, -0.2) is 4.98 Å². The molecule has 0 aliphatic carbocycles. The van der Waals surface area contributed by atoms with Crippen molar-refractivity contribution in [3.63, 3.8) is 0 Å². The number of rotatable bonds is 0. The van der Waals surface area contributed by atoms with Crippen molar-refractivity contribution in [2.45, 2.75) is 0 Å². The molecule has 3 nitrogen and oxygen atoms in total. The Kier molecular flexibility index (Phi) is 1.74. The molecule has 0 bridgehead atoms. The van der Waals surface area contributed by atoms with Gasteiger partial charge in [0.2, 0.25) is 5.43 Å². The summed E-state index contributed by atoms with van der Waals surface area (Å²) in [6.45, 7) is 0. The van der Waals surface area contributed by atoms with E-state index in [1.54, 1.807) is 18.2 Å². The van der Waals surface area contributed by atoms with Crippen LogP contribution in [0.15, 0.2) is 29.2 Å². The maximum Gasteiger partial charge on any atom is 0.212 e. The van der Waals surface area contributed by atoms with E-state index in [9.17, 15) is 4.79 Å². The molecule has 0 aliphatic heterocycles. The Labute approximate surface area is 79.1 Å². The summed E-state index contributed by atoms with van der Waals surface area (Å²) in [6, 6.07) is 5.07. The molecular weight excluding hydrogens is 188 g/mol. The minimum atomic E-state index is -0.184. The van der Waals surface area contributed by atoms with Crippen molar-refractivity contribution < 1.29 is 0 Å². The van der Waals surface area contributed by atoms with Gasteiger partial charge in [-0.3, -0.25) is 4.79 Å². The third kappa shape index (κ3) is 1.27. The van der Waals surface area contributed by atoms with Gasteiger partial charge in [-0.25, -0.2) is 0 Å². The molecule has 0 atom stereocenters. The Hall–Kier alpha value is -1.48. The lowest BCUT2D eigenvalue weighted by molar-refractivity contribution is 1.39. The molecule has 4 heteroatoms. The van der Waals surface area contributed by atoms with Gasteiger partial charge in [0.05, 0.1) is 5.69 Å². The molecule has 2 rings (SSSR count). The van der Waals surface area contributed by atoms with Crippen LogP contribution in [0.5, 0.6) is 0 Å². The van der Waals surface area contributed by atoms with Gasteiger partial charge in [0.1, 0.15) is 0 Å². The van der Waals surface area contributed by atoms with E-state index in [2.05, 4.69) is 4.98 Å². The number of pyridine rings is 1. The number of nitrogen functional groups attached to an aromatic ring is 1. The second-order valence-electron chi connectivity index (χ2n) is 2.76. The molecule has 2 aromatic rings. The van der Waals surface area contributed by atoms with Crippen molar-refractivity contribution >= 4 is 28.2 Å². The number of halogens is 1. The van der Waals surface area contributed by atoms with E-state index in [1.165, 1.54) is 6.20 Å². The first kappa shape index (κ1) is 8.13. The lowest BCUT2D eigenvalue weighted by atomic mass is 10.2. The highest BCUT2D eigenvalue weighted by Gasteiger charge is 2.01. The van der Waals surface area contributed by atoms with Gasteiger partial charge in [-0.2, -0.15) is 0 Å². The summed E-state index contributed by atoms with van der Waals surface area (Å²) in [6.07, 6.45) is 1.48. The van der Waals surface area contributed by atoms with Crippen molar-refractivity contribution in [2.75, 3.05) is 5.73 Å². The molecule has 66 valence electrons. The molecular formula is C9H7ClN2O. The van der Waals surface area contributed by atoms with Crippen LogP contribution in [0.4, 0.5) is 5.69 Å². The van der Waals surface area contributed by atoms with Crippen LogP contribution in [0.1, 0.15) is 0 Å². The minimum absolute atomic E-state index is 0.184. The average Bonchev–Trinajstić information content (AvgIpc) is 2.12. The molecule has 0 unspecified atom stereocenters. The molecule has 0 radical (unpaired) electrons. The summed E-state index contributed by atoms with van der Waals surface area (Å²) in [5, 5.41) is 1.05. The summed E-state index contributed by atoms with van der Waals surface area (Å²) < 4.78 is 0. The summed E-state index contributed by atoms with van der Waals surface area (Å²) >= 11 is 5.75. The molecule has 3 N–H and O–H groups in total. The van der Waals surface area contributed by atoms with Crippen molar-refractivity contribution in [1.29, 1.82) is 0 Å². The quantitative estimate of drug-likeness (QED) is 0.672. The van der Waals surface area contributed by atoms with E-state index >= 15 is 0 Å². The van der Waals surface area contributed by atoms with Crippen molar-refractivity contribution in [1.82, 2.24) is 4.98 Å². The number of nitrogens with two attached hydrogens (primary N) is 1. The highest BCUT2D eigenvalue weighted by atomic mass is 35.5. The Bertz CT molecular complexity index is 513. The number of nitrogens with one attached hydrogen (secondary N) is 1. The van der Waals surface area contributed by atoms with E-state index in [0.717, 1.165) is 5.52 Å². The molecule has 1 aromatic heterocycles. The van der Waals surface area contributed by atoms with Crippen LogP contribution < -0.4 is 11.2 Å². The van der Waals surface area contributed by atoms with Gasteiger partial charge in [-0.05, 0) is 18.2 Å². The van der Waals surface area contributed by atoms with E-state index in [0.29, 0.717) is 10.4 Å². The maximum absolute atomic E-state index is 11.5. The van der Waals surface area contributed by atoms with Crippen molar-refractivity contribution in [3.05, 3.63) is 39.6 Å². The fourth-order valence-electron chi connectivity index (χ4n) is 1.21. The summed E-state index contributed by atoms with van der Waals surface area (Å²) in [5.41, 5.74) is 6.21. The highest BCUT2D eigenvalue weighted by molar-refractivity contribution is 6.31. The molecule has 0 amide bonds. The van der Waals surface area contributed by atoms with Crippen LogP contribution in [0.3, 0.4) is 0 Å². The molecule has 0 fully saturated rings. The summed E-state index contributed by atoms with van der Waals surface area (Å²) in [7, 11) is 0. The number of anilines is 1. The number of aromatic nitrogens is 1. The van der Waals surface area contributed by atoms with Crippen LogP contribution in [0.25, 0.3) is 10.9 Å². The number of hydrogen-bond acceptors (Lipinski definition) is 2. The normalized spacial score (nSPS) is 10.5. The van der Waals surface area contributed by atoms with Gasteiger partial charge in [-0.1, -0.05) is 11.6 Å². The molecule has 0 aliphatic rings. The largest absolute Gasteiger partial charge is 0.394 e. The van der Waals surface area contributed by atoms with Gasteiger partial charge < -0.3 is 10.7 Å². The zero-order valence-corrected chi connectivity index (χ0v) is 7.43. The first-order chi connectivity index (χ1) is 6.18. The van der Waals surface area contributed by atoms with Crippen LogP contribution in [-0.2, 0) is 0 Å². The molecule has 0 spiro atoms. The van der Waals surface area contributed by atoms with Crippen molar-refractivity contribution in [2.24, 2.45) is 0 Å². The molecule has 0 saturated heterocycles. The predicted octanol–water partition coefficient (Wildman–Crippen LogP) is 1.76. The average molecular weight is 195 g/mol. The van der Waals surface area contributed by atoms with E-state index < -0.39 is 0 Å². The monoisotopic (exact) mass is 194 g/mol. The fourth-order valence-corrected chi connectivity index (χ4v) is 1.38. The summed E-state index contributed by atoms with van der Waals surface area (Å²) in [4.78, 5) is 14.4. The smallest absolute Gasteiger partial charge is 0.212 e. The van der Waals surface area contributed by atoms with Crippen LogP contribution in [0.2, 0.25) is 5.02 Å². The van der Waals surface area contributed by atoms with E-state index in [-0.39, 0.29) is 11.1 Å². The van der Waals surface area contributed by atoms with Gasteiger partial charge >= 0.3 is 0 Å². The van der Waals surface area contributed by atoms with Gasteiger partial charge in [0.15, 0.2) is 0 Å². The number of H-pyrrole nitrogens is 1. The maximum atomic E-state index is 11.5. The molecule has 1 aromatic carbocycles. The van der Waals surface area contributed by atoms with Gasteiger partial charge in [0, 0.05) is 22.1 Å². The third-order valence-electron chi connectivity index (χ3n) is 1.87. The third-order valence-corrected chi connectivity index (χ3v) is 2.11. The van der Waals surface area contributed by atoms with Crippen molar-refractivity contribution in [3.8, 4) is 0 Å². The minimum Gasteiger partial charge on any atom is -0.394 e. The lowest BCUT2D eigenvalue weighted by Crippen LogP contribution is -2.08. The van der Waals surface area contributed by atoms with Crippen LogP contribution >= 0.6 is 11.6 Å². The number of aromatic amines is 1.